The summed E-state index contributed by atoms with van der Waals surface area (Å²) in [5.41, 5.74) is 17.1. The van der Waals surface area contributed by atoms with E-state index in [9.17, 15) is 10.5 Å². The summed E-state index contributed by atoms with van der Waals surface area (Å²) in [4.78, 5) is 19.6. The summed E-state index contributed by atoms with van der Waals surface area (Å²) in [6.07, 6.45) is 2.56. The first-order chi connectivity index (χ1) is 46.1. The maximum atomic E-state index is 15.4. The number of nitrogens with zero attached hydrogens (tertiary/aromatic N) is 8. The van der Waals surface area contributed by atoms with Gasteiger partial charge in [0.25, 0.3) is 0 Å². The van der Waals surface area contributed by atoms with Crippen LogP contribution in [0.5, 0.6) is 0 Å². The first-order valence-corrected chi connectivity index (χ1v) is 30.6. The van der Waals surface area contributed by atoms with Crippen molar-refractivity contribution < 1.29 is 13.2 Å². The molecule has 0 aliphatic carbocycles. The Bertz CT molecular complexity index is 5400. The van der Waals surface area contributed by atoms with Crippen molar-refractivity contribution in [1.82, 2.24) is 29.1 Å². The Kier molecular flexibility index (Phi) is 13.9. The maximum Gasteiger partial charge on any atom is 0.416 e. The molecular weight excluding hydrogens is 1170 g/mol. The molecule has 6 aromatic heterocycles. The zero-order chi connectivity index (χ0) is 63.4. The Balaban J connectivity index is 0.963. The van der Waals surface area contributed by atoms with Crippen LogP contribution in [0.25, 0.3) is 156 Å². The number of alkyl halides is 3. The van der Waals surface area contributed by atoms with Gasteiger partial charge in [-0.3, -0.25) is 19.9 Å². The van der Waals surface area contributed by atoms with Gasteiger partial charge in [0.15, 0.2) is 0 Å². The quantitative estimate of drug-likeness (QED) is 0.128. The first kappa shape index (κ1) is 56.4. The number of benzene rings is 10. The van der Waals surface area contributed by atoms with E-state index in [1.165, 1.54) is 6.07 Å². The Morgan fingerprint density at radius 1 is 0.287 bits per heavy atom. The van der Waals surface area contributed by atoms with Gasteiger partial charge in [-0.2, -0.15) is 23.7 Å². The second-order valence-electron chi connectivity index (χ2n) is 23.2. The van der Waals surface area contributed by atoms with E-state index in [1.807, 2.05) is 228 Å². The maximum absolute atomic E-state index is 15.4. The largest absolute Gasteiger partial charge is 0.416 e. The molecule has 94 heavy (non-hydrogen) atoms. The van der Waals surface area contributed by atoms with Crippen molar-refractivity contribution in [1.29, 1.82) is 10.5 Å². The topological polar surface area (TPSA) is 109 Å². The van der Waals surface area contributed by atoms with Crippen molar-refractivity contribution in [2.45, 2.75) is 6.18 Å². The zero-order valence-electron chi connectivity index (χ0n) is 50.0. The van der Waals surface area contributed by atoms with E-state index in [0.717, 1.165) is 134 Å². The molecule has 0 fully saturated rings. The fourth-order valence-corrected chi connectivity index (χ4v) is 12.9. The predicted molar refractivity (Wildman–Crippen MR) is 370 cm³/mol. The lowest BCUT2D eigenvalue weighted by Gasteiger charge is -2.20. The highest BCUT2D eigenvalue weighted by Gasteiger charge is 2.32. The minimum absolute atomic E-state index is 0.118. The highest BCUT2D eigenvalue weighted by Crippen LogP contribution is 2.45. The minimum Gasteiger partial charge on any atom is -0.309 e. The van der Waals surface area contributed by atoms with E-state index in [2.05, 4.69) is 66.7 Å². The highest BCUT2D eigenvalue weighted by atomic mass is 19.4. The van der Waals surface area contributed by atoms with E-state index in [4.69, 9.17) is 19.9 Å². The van der Waals surface area contributed by atoms with Crippen molar-refractivity contribution in [3.05, 3.63) is 314 Å². The van der Waals surface area contributed by atoms with Crippen molar-refractivity contribution in [2.75, 3.05) is 0 Å². The van der Waals surface area contributed by atoms with E-state index in [0.29, 0.717) is 28.0 Å². The summed E-state index contributed by atoms with van der Waals surface area (Å²) >= 11 is 0. The van der Waals surface area contributed by atoms with Crippen LogP contribution in [0, 0.1) is 22.7 Å². The van der Waals surface area contributed by atoms with Crippen LogP contribution in [0.15, 0.2) is 298 Å². The molecule has 0 saturated carbocycles. The van der Waals surface area contributed by atoms with E-state index in [1.54, 1.807) is 6.07 Å². The Morgan fingerprint density at radius 2 is 0.617 bits per heavy atom. The summed E-state index contributed by atoms with van der Waals surface area (Å²) in [7, 11) is 0. The number of pyridine rings is 4. The number of nitriles is 2. The van der Waals surface area contributed by atoms with Gasteiger partial charge in [-0.25, -0.2) is 0 Å². The fourth-order valence-electron chi connectivity index (χ4n) is 12.9. The summed E-state index contributed by atoms with van der Waals surface area (Å²) in [5.74, 6) is 0. The Hall–Kier alpha value is -12.8. The molecular formula is C83H49F3N8. The van der Waals surface area contributed by atoms with E-state index < -0.39 is 11.7 Å². The standard InChI is InChI=1S/C83H49F3N8/c84-83(85,86)67-38-52(46-87)37-65(39-67)72-45-77(93-78-40-57(61-25-33-73(89-48-61)53-13-5-1-6-14-53)21-29-68(78)69-30-22-58(41-79(69)93)62-26-34-74(90-49-62)54-15-7-2-8-16-54)66(47-88)44-82(72)94-80-42-59(63-27-35-75(91-50-63)55-17-9-3-10-18-55)23-31-70(80)71-32-24-60(43-81(71)94)64-28-36-76(92-51-64)56-19-11-4-12-20-56/h1-45,48-51H. The second-order valence-corrected chi connectivity index (χ2v) is 23.2. The Morgan fingerprint density at radius 3 is 0.915 bits per heavy atom. The van der Waals surface area contributed by atoms with Gasteiger partial charge in [0.2, 0.25) is 0 Å². The molecule has 10 aromatic carbocycles. The fraction of sp³-hybridized carbons (Fsp3) is 0.0120. The second kappa shape index (κ2) is 23.2. The van der Waals surface area contributed by atoms with Crippen LogP contribution in [-0.4, -0.2) is 29.1 Å². The normalized spacial score (nSPS) is 11.5. The highest BCUT2D eigenvalue weighted by molar-refractivity contribution is 6.13. The molecule has 0 saturated heterocycles. The molecule has 8 nitrogen and oxygen atoms in total. The van der Waals surface area contributed by atoms with Crippen LogP contribution in [0.2, 0.25) is 0 Å². The third-order valence-electron chi connectivity index (χ3n) is 17.6. The van der Waals surface area contributed by atoms with Gasteiger partial charge in [-0.05, 0) is 107 Å². The molecule has 442 valence electrons. The number of halogens is 3. The van der Waals surface area contributed by atoms with Crippen LogP contribution in [-0.2, 0) is 6.18 Å². The van der Waals surface area contributed by atoms with Crippen molar-refractivity contribution >= 4 is 43.6 Å². The SMILES string of the molecule is N#Cc1cc(-c2cc(-n3c4cc(-c5ccc(-c6ccccc6)nc5)ccc4c4ccc(-c5ccc(-c6ccccc6)nc5)cc43)c(C#N)cc2-n2c3cc(-c4ccc(-c5ccccc5)nc4)ccc3c3ccc(-c4ccc(-c5ccccc5)nc4)cc32)cc(C(F)(F)F)c1. The molecule has 0 amide bonds. The third kappa shape index (κ3) is 10.3. The number of aromatic nitrogens is 6. The van der Waals surface area contributed by atoms with E-state index >= 15 is 13.2 Å². The van der Waals surface area contributed by atoms with Crippen LogP contribution in [0.1, 0.15) is 16.7 Å². The molecule has 0 atom stereocenters. The molecule has 0 aliphatic heterocycles. The Labute approximate surface area is 538 Å². The molecule has 0 unspecified atom stereocenters. The van der Waals surface area contributed by atoms with Crippen LogP contribution in [0.4, 0.5) is 13.2 Å². The van der Waals surface area contributed by atoms with Crippen molar-refractivity contribution in [2.24, 2.45) is 0 Å². The average molecular weight is 1220 g/mol. The smallest absolute Gasteiger partial charge is 0.309 e. The third-order valence-corrected chi connectivity index (χ3v) is 17.6. The number of fused-ring (bicyclic) bond motifs is 6. The first-order valence-electron chi connectivity index (χ1n) is 30.6. The molecule has 16 rings (SSSR count). The molecule has 0 radical (unpaired) electrons. The number of rotatable bonds is 11. The predicted octanol–water partition coefficient (Wildman–Crippen LogP) is 21.2. The van der Waals surface area contributed by atoms with Crippen LogP contribution < -0.4 is 0 Å². The van der Waals surface area contributed by atoms with Gasteiger partial charge in [0.05, 0.1) is 79.0 Å². The minimum atomic E-state index is -4.83. The lowest BCUT2D eigenvalue weighted by atomic mass is 9.95. The van der Waals surface area contributed by atoms with Gasteiger partial charge < -0.3 is 9.13 Å². The monoisotopic (exact) mass is 1210 g/mol. The van der Waals surface area contributed by atoms with Gasteiger partial charge in [0.1, 0.15) is 6.07 Å². The molecule has 6 heterocycles. The van der Waals surface area contributed by atoms with Crippen LogP contribution in [0.3, 0.4) is 0 Å². The number of hydrogen-bond donors (Lipinski definition) is 0. The molecule has 0 spiro atoms. The molecule has 16 aromatic rings. The van der Waals surface area contributed by atoms with Crippen molar-refractivity contribution in [3.8, 4) is 124 Å². The molecule has 11 heteroatoms. The number of hydrogen-bond acceptors (Lipinski definition) is 6. The van der Waals surface area contributed by atoms with Gasteiger partial charge >= 0.3 is 6.18 Å². The van der Waals surface area contributed by atoms with Crippen LogP contribution >= 0.6 is 0 Å². The lowest BCUT2D eigenvalue weighted by molar-refractivity contribution is -0.137. The summed E-state index contributed by atoms with van der Waals surface area (Å²) in [6, 6.07) is 92.4. The average Bonchev–Trinajstić information content (AvgIpc) is 1.86. The van der Waals surface area contributed by atoms with E-state index in [-0.39, 0.29) is 16.7 Å². The molecule has 0 bridgehead atoms. The lowest BCUT2D eigenvalue weighted by Crippen LogP contribution is -2.07. The zero-order valence-corrected chi connectivity index (χ0v) is 50.0. The van der Waals surface area contributed by atoms with Crippen molar-refractivity contribution in [3.63, 3.8) is 0 Å². The summed E-state index contributed by atoms with van der Waals surface area (Å²) in [6.45, 7) is 0. The summed E-state index contributed by atoms with van der Waals surface area (Å²) in [5, 5.41) is 26.0. The molecule has 0 N–H and O–H groups in total. The van der Waals surface area contributed by atoms with Gasteiger partial charge in [-0.15, -0.1) is 0 Å². The summed E-state index contributed by atoms with van der Waals surface area (Å²) < 4.78 is 50.3. The van der Waals surface area contributed by atoms with Gasteiger partial charge in [-0.1, -0.05) is 194 Å². The molecule has 0 aliphatic rings. The van der Waals surface area contributed by atoms with Gasteiger partial charge in [0, 0.05) is 96.4 Å².